The first-order valence-electron chi connectivity index (χ1n) is 11.1. The summed E-state index contributed by atoms with van der Waals surface area (Å²) in [4.78, 5) is 29.0. The van der Waals surface area contributed by atoms with Crippen LogP contribution >= 0.6 is 0 Å². The summed E-state index contributed by atoms with van der Waals surface area (Å²) in [6.07, 6.45) is 0.508. The van der Waals surface area contributed by atoms with Crippen molar-refractivity contribution in [3.8, 4) is 23.3 Å². The van der Waals surface area contributed by atoms with Crippen LogP contribution in [0.2, 0.25) is 0 Å². The topological polar surface area (TPSA) is 126 Å². The van der Waals surface area contributed by atoms with Crippen LogP contribution in [0.15, 0.2) is 27.8 Å². The Bertz CT molecular complexity index is 1700. The van der Waals surface area contributed by atoms with Crippen LogP contribution in [0.25, 0.3) is 16.6 Å². The number of nitrogens with zero attached hydrogens (tertiary/aromatic N) is 3. The van der Waals surface area contributed by atoms with Crippen molar-refractivity contribution in [1.29, 1.82) is 5.26 Å². The Morgan fingerprint density at radius 2 is 1.86 bits per heavy atom. The molecule has 184 valence electrons. The van der Waals surface area contributed by atoms with Gasteiger partial charge in [0, 0.05) is 29.1 Å². The number of benzene rings is 2. The molecule has 0 unspecified atom stereocenters. The number of nitrogens with one attached hydrogen (secondary N) is 2. The van der Waals surface area contributed by atoms with E-state index in [0.717, 1.165) is 16.4 Å². The molecule has 0 bridgehead atoms. The fraction of sp³-hybridized carbons (Fsp3) is 0.280. The molecule has 3 heterocycles. The third-order valence-electron chi connectivity index (χ3n) is 6.26. The number of aryl methyl sites for hydroxylation is 2. The molecule has 0 saturated heterocycles. The number of halogens is 2. The second kappa shape index (κ2) is 8.13. The van der Waals surface area contributed by atoms with E-state index in [-0.39, 0.29) is 28.1 Å². The van der Waals surface area contributed by atoms with Crippen LogP contribution in [-0.2, 0) is 16.8 Å². The molecule has 0 amide bonds. The molecule has 36 heavy (non-hydrogen) atoms. The average molecular weight is 493 g/mol. The summed E-state index contributed by atoms with van der Waals surface area (Å²) in [5, 5.41) is 13.0. The Hall–Kier alpha value is -4.30. The highest BCUT2D eigenvalue weighted by Gasteiger charge is 2.35. The third kappa shape index (κ3) is 3.58. The van der Waals surface area contributed by atoms with E-state index in [1.807, 2.05) is 4.98 Å². The zero-order valence-corrected chi connectivity index (χ0v) is 19.9. The van der Waals surface area contributed by atoms with Crippen molar-refractivity contribution < 1.29 is 18.3 Å². The minimum atomic E-state index is -0.888. The summed E-state index contributed by atoms with van der Waals surface area (Å²) in [6, 6.07) is 5.67. The molecule has 4 aromatic rings. The second-order valence-electron chi connectivity index (χ2n) is 9.15. The van der Waals surface area contributed by atoms with E-state index in [9.17, 15) is 9.59 Å². The molecular formula is C25H21F2N5O4. The standard InChI is InChI=1S/C25H21F2N5O4/c1-11-7-13(32-24(34)30-23(33)16(10-28)31-32)8-12(2)22(11)36-17-9-14(26)21-18(20(17)27)19-15(29-21)5-6-35-25(19,3)4/h7-9,29H,5-6H2,1-4H3,(H,30,33,34). The van der Waals surface area contributed by atoms with Crippen LogP contribution in [0.4, 0.5) is 8.78 Å². The highest BCUT2D eigenvalue weighted by atomic mass is 19.1. The van der Waals surface area contributed by atoms with Crippen LogP contribution in [0.5, 0.6) is 11.5 Å². The van der Waals surface area contributed by atoms with E-state index in [1.165, 1.54) is 12.1 Å². The molecule has 0 atom stereocenters. The predicted molar refractivity (Wildman–Crippen MR) is 126 cm³/mol. The molecule has 2 aromatic heterocycles. The van der Waals surface area contributed by atoms with Crippen molar-refractivity contribution in [2.75, 3.05) is 6.61 Å². The lowest BCUT2D eigenvalue weighted by Gasteiger charge is -2.31. The van der Waals surface area contributed by atoms with Crippen LogP contribution in [-0.4, -0.2) is 26.4 Å². The molecule has 5 rings (SSSR count). The lowest BCUT2D eigenvalue weighted by Crippen LogP contribution is -2.33. The van der Waals surface area contributed by atoms with Crippen molar-refractivity contribution in [1.82, 2.24) is 19.7 Å². The maximum Gasteiger partial charge on any atom is 0.349 e. The number of rotatable bonds is 3. The van der Waals surface area contributed by atoms with Gasteiger partial charge in [-0.1, -0.05) is 0 Å². The number of nitriles is 1. The molecular weight excluding hydrogens is 472 g/mol. The normalized spacial score (nSPS) is 14.5. The Balaban J connectivity index is 1.62. The van der Waals surface area contributed by atoms with Crippen molar-refractivity contribution in [2.45, 2.75) is 39.7 Å². The van der Waals surface area contributed by atoms with Gasteiger partial charge in [-0.15, -0.1) is 5.10 Å². The number of H-pyrrole nitrogens is 2. The molecule has 9 nitrogen and oxygen atoms in total. The second-order valence-corrected chi connectivity index (χ2v) is 9.15. The van der Waals surface area contributed by atoms with Gasteiger partial charge in [0.2, 0.25) is 5.69 Å². The molecule has 0 fully saturated rings. The van der Waals surface area contributed by atoms with Gasteiger partial charge in [-0.2, -0.15) is 9.94 Å². The fourth-order valence-corrected chi connectivity index (χ4v) is 4.70. The lowest BCUT2D eigenvalue weighted by atomic mass is 9.91. The van der Waals surface area contributed by atoms with Gasteiger partial charge >= 0.3 is 5.69 Å². The van der Waals surface area contributed by atoms with E-state index in [1.54, 1.807) is 33.8 Å². The van der Waals surface area contributed by atoms with Gasteiger partial charge in [0.1, 0.15) is 11.8 Å². The van der Waals surface area contributed by atoms with Gasteiger partial charge in [0.25, 0.3) is 5.56 Å². The van der Waals surface area contributed by atoms with Gasteiger partial charge in [-0.25, -0.2) is 13.6 Å². The van der Waals surface area contributed by atoms with Crippen molar-refractivity contribution >= 4 is 10.9 Å². The summed E-state index contributed by atoms with van der Waals surface area (Å²) in [7, 11) is 0. The third-order valence-corrected chi connectivity index (χ3v) is 6.26. The maximum atomic E-state index is 15.8. The molecule has 0 aliphatic carbocycles. The zero-order valence-electron chi connectivity index (χ0n) is 19.9. The Kier molecular flexibility index (Phi) is 5.30. The van der Waals surface area contributed by atoms with Gasteiger partial charge in [0.05, 0.1) is 23.4 Å². The van der Waals surface area contributed by atoms with Crippen LogP contribution in [0, 0.1) is 36.8 Å². The molecule has 1 aliphatic rings. The lowest BCUT2D eigenvalue weighted by molar-refractivity contribution is -0.0307. The molecule has 1 aliphatic heterocycles. The predicted octanol–water partition coefficient (Wildman–Crippen LogP) is 3.77. The first kappa shape index (κ1) is 23.4. The summed E-state index contributed by atoms with van der Waals surface area (Å²) in [5.41, 5.74) is -0.420. The molecule has 2 N–H and O–H groups in total. The number of hydrogen-bond acceptors (Lipinski definition) is 6. The summed E-state index contributed by atoms with van der Waals surface area (Å²) in [6.45, 7) is 7.37. The molecule has 0 radical (unpaired) electrons. The van der Waals surface area contributed by atoms with E-state index >= 15 is 8.78 Å². The van der Waals surface area contributed by atoms with Crippen molar-refractivity contribution in [3.63, 3.8) is 0 Å². The molecule has 11 heteroatoms. The van der Waals surface area contributed by atoms with Gasteiger partial charge < -0.3 is 14.5 Å². The first-order chi connectivity index (χ1) is 17.0. The number of fused-ring (bicyclic) bond motifs is 3. The van der Waals surface area contributed by atoms with E-state index in [4.69, 9.17) is 14.7 Å². The van der Waals surface area contributed by atoms with Crippen molar-refractivity contribution in [2.24, 2.45) is 0 Å². The Morgan fingerprint density at radius 1 is 1.17 bits per heavy atom. The molecule has 0 spiro atoms. The minimum absolute atomic E-state index is 0.0593. The van der Waals surface area contributed by atoms with Gasteiger partial charge in [0.15, 0.2) is 17.4 Å². The number of ether oxygens (including phenoxy) is 2. The summed E-state index contributed by atoms with van der Waals surface area (Å²) < 4.78 is 43.5. The molecule has 0 saturated carbocycles. The van der Waals surface area contributed by atoms with Crippen LogP contribution in [0.3, 0.4) is 0 Å². The SMILES string of the molecule is Cc1cc(-n2nc(C#N)c(=O)[nH]c2=O)cc(C)c1Oc1cc(F)c2[nH]c3c(c2c1F)C(C)(C)OCC3. The largest absolute Gasteiger partial charge is 0.454 e. The monoisotopic (exact) mass is 493 g/mol. The number of aromatic nitrogens is 4. The number of hydrogen-bond donors (Lipinski definition) is 2. The maximum absolute atomic E-state index is 15.8. The van der Waals surface area contributed by atoms with Gasteiger partial charge in [-0.05, 0) is 51.0 Å². The molecule has 2 aromatic carbocycles. The summed E-state index contributed by atoms with van der Waals surface area (Å²) >= 11 is 0. The van der Waals surface area contributed by atoms with E-state index in [0.29, 0.717) is 29.7 Å². The summed E-state index contributed by atoms with van der Waals surface area (Å²) in [5.74, 6) is -1.42. The highest BCUT2D eigenvalue weighted by molar-refractivity contribution is 5.88. The zero-order chi connectivity index (χ0) is 25.9. The highest BCUT2D eigenvalue weighted by Crippen LogP contribution is 2.43. The van der Waals surface area contributed by atoms with Gasteiger partial charge in [-0.3, -0.25) is 9.78 Å². The van der Waals surface area contributed by atoms with Crippen LogP contribution in [0.1, 0.15) is 41.9 Å². The van der Waals surface area contributed by atoms with Crippen molar-refractivity contribution in [3.05, 3.63) is 78.7 Å². The Morgan fingerprint density at radius 3 is 2.53 bits per heavy atom. The van der Waals surface area contributed by atoms with E-state index in [2.05, 4.69) is 10.1 Å². The quantitative estimate of drug-likeness (QED) is 0.448. The fourth-order valence-electron chi connectivity index (χ4n) is 4.70. The average Bonchev–Trinajstić information content (AvgIpc) is 3.21. The minimum Gasteiger partial charge on any atom is -0.454 e. The Labute approximate surface area is 202 Å². The first-order valence-corrected chi connectivity index (χ1v) is 11.1. The van der Waals surface area contributed by atoms with Crippen LogP contribution < -0.4 is 16.0 Å². The number of aromatic amines is 2. The van der Waals surface area contributed by atoms with E-state index < -0.39 is 34.2 Å². The smallest absolute Gasteiger partial charge is 0.349 e.